The second-order valence-electron chi connectivity index (χ2n) is 5.41. The minimum Gasteiger partial charge on any atom is -0.310 e. The fraction of sp³-hybridized carbons (Fsp3) is 0.278. The van der Waals surface area contributed by atoms with Crippen LogP contribution in [0.4, 0.5) is 0 Å². The molecular weight excluding hydrogens is 276 g/mol. The molecule has 1 atom stereocenters. The van der Waals surface area contributed by atoms with Gasteiger partial charge in [-0.15, -0.1) is 11.3 Å². The van der Waals surface area contributed by atoms with Crippen LogP contribution in [0.25, 0.3) is 10.2 Å². The Morgan fingerprint density at radius 3 is 2.62 bits per heavy atom. The molecule has 0 aliphatic carbocycles. The summed E-state index contributed by atoms with van der Waals surface area (Å²) in [5.74, 6) is 0. The first-order valence-electron chi connectivity index (χ1n) is 7.37. The van der Waals surface area contributed by atoms with Crippen molar-refractivity contribution in [1.29, 1.82) is 0 Å². The molecule has 0 fully saturated rings. The smallest absolute Gasteiger partial charge is 0.0951 e. The standard InChI is InChI=1S/C18H20N2S/c1-13-7-9-15(10-8-13)14(2)19-12-11-18-20-16-5-3-4-6-17(16)21-18/h3-10,14,19H,11-12H2,1-2H3. The van der Waals surface area contributed by atoms with Crippen LogP contribution in [0.3, 0.4) is 0 Å². The summed E-state index contributed by atoms with van der Waals surface area (Å²) in [5, 5.41) is 4.79. The van der Waals surface area contributed by atoms with Gasteiger partial charge in [-0.3, -0.25) is 0 Å². The number of nitrogens with one attached hydrogen (secondary N) is 1. The molecule has 0 saturated heterocycles. The Bertz CT molecular complexity index is 682. The summed E-state index contributed by atoms with van der Waals surface area (Å²) >= 11 is 1.80. The van der Waals surface area contributed by atoms with Crippen molar-refractivity contribution in [2.75, 3.05) is 6.54 Å². The molecule has 3 rings (SSSR count). The van der Waals surface area contributed by atoms with Crippen molar-refractivity contribution in [2.45, 2.75) is 26.3 Å². The average molecular weight is 296 g/mol. The van der Waals surface area contributed by atoms with Gasteiger partial charge >= 0.3 is 0 Å². The summed E-state index contributed by atoms with van der Waals surface area (Å²) in [6.45, 7) is 5.28. The Morgan fingerprint density at radius 2 is 1.86 bits per heavy atom. The van der Waals surface area contributed by atoms with Crippen LogP contribution in [0.5, 0.6) is 0 Å². The molecule has 2 nitrogen and oxygen atoms in total. The Hall–Kier alpha value is -1.71. The first-order chi connectivity index (χ1) is 10.2. The van der Waals surface area contributed by atoms with E-state index >= 15 is 0 Å². The van der Waals surface area contributed by atoms with Crippen molar-refractivity contribution in [1.82, 2.24) is 10.3 Å². The predicted octanol–water partition coefficient (Wildman–Crippen LogP) is 4.50. The van der Waals surface area contributed by atoms with Gasteiger partial charge < -0.3 is 5.32 Å². The van der Waals surface area contributed by atoms with Gasteiger partial charge in [0.25, 0.3) is 0 Å². The highest BCUT2D eigenvalue weighted by Gasteiger charge is 2.06. The molecule has 0 aliphatic heterocycles. The minimum absolute atomic E-state index is 0.375. The van der Waals surface area contributed by atoms with Crippen LogP contribution in [-0.2, 0) is 6.42 Å². The van der Waals surface area contributed by atoms with E-state index in [-0.39, 0.29) is 0 Å². The lowest BCUT2D eigenvalue weighted by Gasteiger charge is -2.13. The summed E-state index contributed by atoms with van der Waals surface area (Å²) < 4.78 is 1.28. The monoisotopic (exact) mass is 296 g/mol. The van der Waals surface area contributed by atoms with Crippen LogP contribution in [0.15, 0.2) is 48.5 Å². The van der Waals surface area contributed by atoms with Gasteiger partial charge in [0.05, 0.1) is 15.2 Å². The van der Waals surface area contributed by atoms with Gasteiger partial charge in [0, 0.05) is 19.0 Å². The largest absolute Gasteiger partial charge is 0.310 e. The van der Waals surface area contributed by atoms with Crippen molar-refractivity contribution in [2.24, 2.45) is 0 Å². The van der Waals surface area contributed by atoms with E-state index in [4.69, 9.17) is 0 Å². The fourth-order valence-corrected chi connectivity index (χ4v) is 3.36. The van der Waals surface area contributed by atoms with E-state index in [0.29, 0.717) is 6.04 Å². The maximum Gasteiger partial charge on any atom is 0.0951 e. The number of fused-ring (bicyclic) bond motifs is 1. The highest BCUT2D eigenvalue weighted by atomic mass is 32.1. The zero-order valence-electron chi connectivity index (χ0n) is 12.5. The van der Waals surface area contributed by atoms with Gasteiger partial charge in [0.1, 0.15) is 0 Å². The average Bonchev–Trinajstić information content (AvgIpc) is 2.90. The molecule has 1 N–H and O–H groups in total. The topological polar surface area (TPSA) is 24.9 Å². The molecule has 2 aromatic carbocycles. The number of nitrogens with zero attached hydrogens (tertiary/aromatic N) is 1. The Morgan fingerprint density at radius 1 is 1.10 bits per heavy atom. The predicted molar refractivity (Wildman–Crippen MR) is 90.9 cm³/mol. The third-order valence-corrected chi connectivity index (χ3v) is 4.80. The number of aromatic nitrogens is 1. The van der Waals surface area contributed by atoms with Crippen LogP contribution < -0.4 is 5.32 Å². The molecule has 0 amide bonds. The van der Waals surface area contributed by atoms with Gasteiger partial charge in [-0.25, -0.2) is 4.98 Å². The highest BCUT2D eigenvalue weighted by Crippen LogP contribution is 2.21. The fourth-order valence-electron chi connectivity index (χ4n) is 2.40. The lowest BCUT2D eigenvalue weighted by Crippen LogP contribution is -2.21. The summed E-state index contributed by atoms with van der Waals surface area (Å²) in [5.41, 5.74) is 3.76. The molecule has 1 unspecified atom stereocenters. The number of para-hydroxylation sites is 1. The summed E-state index contributed by atoms with van der Waals surface area (Å²) in [6, 6.07) is 17.4. The molecule has 0 spiro atoms. The third-order valence-electron chi connectivity index (χ3n) is 3.70. The van der Waals surface area contributed by atoms with Gasteiger partial charge in [-0.05, 0) is 31.5 Å². The van der Waals surface area contributed by atoms with Crippen LogP contribution >= 0.6 is 11.3 Å². The zero-order chi connectivity index (χ0) is 14.7. The van der Waals surface area contributed by atoms with Crippen LogP contribution in [0, 0.1) is 6.92 Å². The van der Waals surface area contributed by atoms with Crippen molar-refractivity contribution < 1.29 is 0 Å². The second-order valence-corrected chi connectivity index (χ2v) is 6.53. The number of hydrogen-bond acceptors (Lipinski definition) is 3. The third kappa shape index (κ3) is 3.49. The lowest BCUT2D eigenvalue weighted by atomic mass is 10.1. The van der Waals surface area contributed by atoms with Crippen molar-refractivity contribution in [3.63, 3.8) is 0 Å². The molecule has 0 saturated carbocycles. The summed E-state index contributed by atoms with van der Waals surface area (Å²) in [6.07, 6.45) is 0.982. The lowest BCUT2D eigenvalue weighted by molar-refractivity contribution is 0.576. The molecule has 1 aromatic heterocycles. The van der Waals surface area contributed by atoms with Crippen molar-refractivity contribution in [3.8, 4) is 0 Å². The number of thiazole rings is 1. The van der Waals surface area contributed by atoms with Crippen molar-refractivity contribution >= 4 is 21.6 Å². The Kier molecular flexibility index (Phi) is 4.32. The molecule has 0 aliphatic rings. The molecule has 0 radical (unpaired) electrons. The molecule has 0 bridgehead atoms. The Labute approximate surface area is 129 Å². The van der Waals surface area contributed by atoms with E-state index in [9.17, 15) is 0 Å². The summed E-state index contributed by atoms with van der Waals surface area (Å²) in [4.78, 5) is 4.67. The highest BCUT2D eigenvalue weighted by molar-refractivity contribution is 7.18. The minimum atomic E-state index is 0.375. The molecule has 3 aromatic rings. The first-order valence-corrected chi connectivity index (χ1v) is 8.18. The summed E-state index contributed by atoms with van der Waals surface area (Å²) in [7, 11) is 0. The molecule has 108 valence electrons. The van der Waals surface area contributed by atoms with E-state index in [1.54, 1.807) is 11.3 Å². The quantitative estimate of drug-likeness (QED) is 0.750. The second kappa shape index (κ2) is 6.37. The molecule has 1 heterocycles. The molecular formula is C18H20N2S. The van der Waals surface area contributed by atoms with Gasteiger partial charge in [0.2, 0.25) is 0 Å². The molecule has 21 heavy (non-hydrogen) atoms. The van der Waals surface area contributed by atoms with Gasteiger partial charge in [-0.2, -0.15) is 0 Å². The zero-order valence-corrected chi connectivity index (χ0v) is 13.3. The number of rotatable bonds is 5. The molecule has 3 heteroatoms. The van der Waals surface area contributed by atoms with Crippen LogP contribution in [0.2, 0.25) is 0 Å². The van der Waals surface area contributed by atoms with Crippen LogP contribution in [0.1, 0.15) is 29.1 Å². The van der Waals surface area contributed by atoms with E-state index in [1.165, 1.54) is 20.8 Å². The van der Waals surface area contributed by atoms with E-state index in [2.05, 4.69) is 66.6 Å². The van der Waals surface area contributed by atoms with E-state index in [1.807, 2.05) is 6.07 Å². The number of hydrogen-bond donors (Lipinski definition) is 1. The maximum atomic E-state index is 4.67. The van der Waals surface area contributed by atoms with Crippen molar-refractivity contribution in [3.05, 3.63) is 64.7 Å². The number of benzene rings is 2. The van der Waals surface area contributed by atoms with Gasteiger partial charge in [-0.1, -0.05) is 42.0 Å². The first kappa shape index (κ1) is 14.2. The SMILES string of the molecule is Cc1ccc(C(C)NCCc2nc3ccccc3s2)cc1. The van der Waals surface area contributed by atoms with Crippen LogP contribution in [-0.4, -0.2) is 11.5 Å². The van der Waals surface area contributed by atoms with Gasteiger partial charge in [0.15, 0.2) is 0 Å². The number of aryl methyl sites for hydroxylation is 1. The van der Waals surface area contributed by atoms with E-state index in [0.717, 1.165) is 18.5 Å². The van der Waals surface area contributed by atoms with E-state index < -0.39 is 0 Å². The Balaban J connectivity index is 1.56. The normalized spacial score (nSPS) is 12.7. The maximum absolute atomic E-state index is 4.67.